The highest BCUT2D eigenvalue weighted by Gasteiger charge is 2.19. The second-order valence-electron chi connectivity index (χ2n) is 6.37. The zero-order valence-corrected chi connectivity index (χ0v) is 14.6. The summed E-state index contributed by atoms with van der Waals surface area (Å²) in [6.45, 7) is 8.73. The fraction of sp³-hybridized carbons (Fsp3) is 0.421. The standard InChI is InChI=1S/C19H26N2O2/c1-13(2)16-7-9-17(10-8-16)20-19(22)15(4)21(5)12-18-11-6-14(3)23-18/h6-11,13,15H,12H2,1-5H3,(H,20,22)/t15-/m0/s1. The first-order chi connectivity index (χ1) is 10.9. The number of anilines is 1. The van der Waals surface area contributed by atoms with E-state index in [9.17, 15) is 4.79 Å². The molecule has 0 aliphatic rings. The number of hydrogen-bond donors (Lipinski definition) is 1. The van der Waals surface area contributed by atoms with Crippen molar-refractivity contribution < 1.29 is 9.21 Å². The maximum atomic E-state index is 12.4. The number of amides is 1. The van der Waals surface area contributed by atoms with Crippen molar-refractivity contribution in [3.05, 3.63) is 53.5 Å². The van der Waals surface area contributed by atoms with Gasteiger partial charge in [0.25, 0.3) is 0 Å². The summed E-state index contributed by atoms with van der Waals surface area (Å²) in [7, 11) is 1.92. The van der Waals surface area contributed by atoms with Crippen molar-refractivity contribution in [2.24, 2.45) is 0 Å². The summed E-state index contributed by atoms with van der Waals surface area (Å²) in [6, 6.07) is 11.7. The lowest BCUT2D eigenvalue weighted by Gasteiger charge is -2.23. The van der Waals surface area contributed by atoms with Crippen molar-refractivity contribution in [3.63, 3.8) is 0 Å². The normalized spacial score (nSPS) is 12.7. The molecule has 1 aromatic heterocycles. The number of aryl methyl sites for hydroxylation is 1. The average molecular weight is 314 g/mol. The molecule has 0 spiro atoms. The molecule has 1 amide bonds. The highest BCUT2D eigenvalue weighted by atomic mass is 16.3. The van der Waals surface area contributed by atoms with Crippen LogP contribution in [0.3, 0.4) is 0 Å². The first-order valence-electron chi connectivity index (χ1n) is 8.03. The zero-order valence-electron chi connectivity index (χ0n) is 14.6. The van der Waals surface area contributed by atoms with E-state index in [4.69, 9.17) is 4.42 Å². The number of likely N-dealkylation sites (N-methyl/N-ethyl adjacent to an activating group) is 1. The first kappa shape index (κ1) is 17.3. The van der Waals surface area contributed by atoms with Gasteiger partial charge in [-0.2, -0.15) is 0 Å². The number of rotatable bonds is 6. The maximum absolute atomic E-state index is 12.4. The van der Waals surface area contributed by atoms with E-state index in [1.54, 1.807) is 0 Å². The molecule has 1 aromatic carbocycles. The van der Waals surface area contributed by atoms with Crippen LogP contribution in [0.4, 0.5) is 5.69 Å². The quantitative estimate of drug-likeness (QED) is 0.870. The summed E-state index contributed by atoms with van der Waals surface area (Å²) >= 11 is 0. The molecule has 1 N–H and O–H groups in total. The Morgan fingerprint density at radius 2 is 1.78 bits per heavy atom. The van der Waals surface area contributed by atoms with Gasteiger partial charge in [-0.05, 0) is 56.6 Å². The van der Waals surface area contributed by atoms with Crippen molar-refractivity contribution in [2.75, 3.05) is 12.4 Å². The van der Waals surface area contributed by atoms with Gasteiger partial charge in [0.05, 0.1) is 12.6 Å². The summed E-state index contributed by atoms with van der Waals surface area (Å²) < 4.78 is 5.56. The number of carbonyl (C=O) groups is 1. The largest absolute Gasteiger partial charge is 0.465 e. The lowest BCUT2D eigenvalue weighted by Crippen LogP contribution is -2.39. The van der Waals surface area contributed by atoms with Gasteiger partial charge in [0, 0.05) is 5.69 Å². The molecule has 0 aliphatic carbocycles. The number of benzene rings is 1. The lowest BCUT2D eigenvalue weighted by atomic mass is 10.0. The third kappa shape index (κ3) is 4.70. The highest BCUT2D eigenvalue weighted by Crippen LogP contribution is 2.18. The molecule has 1 atom stereocenters. The Kier molecular flexibility index (Phi) is 5.61. The fourth-order valence-corrected chi connectivity index (χ4v) is 2.35. The minimum atomic E-state index is -0.245. The zero-order chi connectivity index (χ0) is 17.0. The van der Waals surface area contributed by atoms with Crippen molar-refractivity contribution in [1.29, 1.82) is 0 Å². The Hall–Kier alpha value is -2.07. The minimum absolute atomic E-state index is 0.0203. The van der Waals surface area contributed by atoms with Crippen LogP contribution >= 0.6 is 0 Å². The number of hydrogen-bond acceptors (Lipinski definition) is 3. The summed E-state index contributed by atoms with van der Waals surface area (Å²) in [5.74, 6) is 2.22. The van der Waals surface area contributed by atoms with Crippen LogP contribution in [0.2, 0.25) is 0 Å². The van der Waals surface area contributed by atoms with Gasteiger partial charge >= 0.3 is 0 Å². The first-order valence-corrected chi connectivity index (χ1v) is 8.03. The Morgan fingerprint density at radius 3 is 2.30 bits per heavy atom. The van der Waals surface area contributed by atoms with Gasteiger partial charge in [-0.1, -0.05) is 26.0 Å². The van der Waals surface area contributed by atoms with E-state index in [-0.39, 0.29) is 11.9 Å². The molecule has 1 heterocycles. The van der Waals surface area contributed by atoms with Crippen LogP contribution in [0.25, 0.3) is 0 Å². The van der Waals surface area contributed by atoms with Crippen LogP contribution in [-0.2, 0) is 11.3 Å². The predicted octanol–water partition coefficient (Wildman–Crippen LogP) is 4.17. The molecule has 0 saturated heterocycles. The molecule has 0 saturated carbocycles. The number of furan rings is 1. The maximum Gasteiger partial charge on any atom is 0.241 e. The summed E-state index contributed by atoms with van der Waals surface area (Å²) in [5.41, 5.74) is 2.09. The number of carbonyl (C=O) groups excluding carboxylic acids is 1. The van der Waals surface area contributed by atoms with Crippen LogP contribution in [0.1, 0.15) is 43.8 Å². The second-order valence-corrected chi connectivity index (χ2v) is 6.37. The van der Waals surface area contributed by atoms with Gasteiger partial charge in [-0.3, -0.25) is 9.69 Å². The van der Waals surface area contributed by atoms with E-state index in [0.29, 0.717) is 12.5 Å². The molecular weight excluding hydrogens is 288 g/mol. The molecule has 124 valence electrons. The van der Waals surface area contributed by atoms with Crippen molar-refractivity contribution >= 4 is 11.6 Å². The van der Waals surface area contributed by atoms with E-state index in [1.807, 2.05) is 50.1 Å². The van der Waals surface area contributed by atoms with Gasteiger partial charge < -0.3 is 9.73 Å². The molecule has 0 aliphatic heterocycles. The SMILES string of the molecule is Cc1ccc(CN(C)[C@@H](C)C(=O)Nc2ccc(C(C)C)cc2)o1. The molecule has 0 radical (unpaired) electrons. The van der Waals surface area contributed by atoms with E-state index >= 15 is 0 Å². The number of nitrogens with one attached hydrogen (secondary N) is 1. The third-order valence-electron chi connectivity index (χ3n) is 4.09. The van der Waals surface area contributed by atoms with Gasteiger partial charge in [-0.25, -0.2) is 0 Å². The van der Waals surface area contributed by atoms with Crippen LogP contribution in [0, 0.1) is 6.92 Å². The van der Waals surface area contributed by atoms with Gasteiger partial charge in [0.1, 0.15) is 11.5 Å². The van der Waals surface area contributed by atoms with Crippen molar-refractivity contribution in [1.82, 2.24) is 4.90 Å². The van der Waals surface area contributed by atoms with Crippen molar-refractivity contribution in [2.45, 2.75) is 46.2 Å². The minimum Gasteiger partial charge on any atom is -0.465 e. The second kappa shape index (κ2) is 7.47. The monoisotopic (exact) mass is 314 g/mol. The average Bonchev–Trinajstić information content (AvgIpc) is 2.92. The van der Waals surface area contributed by atoms with E-state index in [1.165, 1.54) is 5.56 Å². The van der Waals surface area contributed by atoms with E-state index in [2.05, 4.69) is 31.3 Å². The Bertz CT molecular complexity index is 644. The summed E-state index contributed by atoms with van der Waals surface area (Å²) in [5, 5.41) is 2.97. The van der Waals surface area contributed by atoms with Crippen LogP contribution in [0.5, 0.6) is 0 Å². The van der Waals surface area contributed by atoms with Gasteiger partial charge in [0.15, 0.2) is 0 Å². The van der Waals surface area contributed by atoms with Crippen LogP contribution in [0.15, 0.2) is 40.8 Å². The summed E-state index contributed by atoms with van der Waals surface area (Å²) in [4.78, 5) is 14.4. The fourth-order valence-electron chi connectivity index (χ4n) is 2.35. The molecular formula is C19H26N2O2. The Morgan fingerprint density at radius 1 is 1.13 bits per heavy atom. The molecule has 2 aromatic rings. The molecule has 0 fully saturated rings. The van der Waals surface area contributed by atoms with Gasteiger partial charge in [0.2, 0.25) is 5.91 Å². The van der Waals surface area contributed by atoms with Gasteiger partial charge in [-0.15, -0.1) is 0 Å². The molecule has 0 bridgehead atoms. The van der Waals surface area contributed by atoms with E-state index in [0.717, 1.165) is 17.2 Å². The Labute approximate surface area is 138 Å². The smallest absolute Gasteiger partial charge is 0.241 e. The topological polar surface area (TPSA) is 45.5 Å². The number of nitrogens with zero attached hydrogens (tertiary/aromatic N) is 1. The molecule has 2 rings (SSSR count). The summed E-state index contributed by atoms with van der Waals surface area (Å²) in [6.07, 6.45) is 0. The molecule has 23 heavy (non-hydrogen) atoms. The third-order valence-corrected chi connectivity index (χ3v) is 4.09. The highest BCUT2D eigenvalue weighted by molar-refractivity contribution is 5.94. The molecule has 4 heteroatoms. The molecule has 0 unspecified atom stereocenters. The molecule has 4 nitrogen and oxygen atoms in total. The Balaban J connectivity index is 1.93. The van der Waals surface area contributed by atoms with Crippen LogP contribution < -0.4 is 5.32 Å². The van der Waals surface area contributed by atoms with Crippen molar-refractivity contribution in [3.8, 4) is 0 Å². The lowest BCUT2D eigenvalue weighted by molar-refractivity contribution is -0.120. The van der Waals surface area contributed by atoms with E-state index < -0.39 is 0 Å². The van der Waals surface area contributed by atoms with Crippen LogP contribution in [-0.4, -0.2) is 23.9 Å². The predicted molar refractivity (Wildman–Crippen MR) is 93.5 cm³/mol.